The summed E-state index contributed by atoms with van der Waals surface area (Å²) in [4.78, 5) is 0. The van der Waals surface area contributed by atoms with E-state index in [1.807, 2.05) is 0 Å². The van der Waals surface area contributed by atoms with E-state index in [0.717, 1.165) is 16.6 Å². The SMILES string of the molecule is CCCCCCCC[N+]1(CCCC[Si](OC)(OC)OC)CCCC1.O=S(=O)([N-]S(=O)(=O)C(F)(F)F)C(F)(F)F. The quantitative estimate of drug-likeness (QED) is 0.0872. The third kappa shape index (κ3) is 13.3. The first-order chi connectivity index (χ1) is 17.9. The molecular formula is C21H42F6N2O7S2Si. The molecular weight excluding hydrogens is 598 g/mol. The molecule has 0 saturated carbocycles. The molecule has 0 amide bonds. The smallest absolute Gasteiger partial charge is 0.421 e. The normalized spacial score (nSPS) is 16.7. The van der Waals surface area contributed by atoms with Gasteiger partial charge in [-0.1, -0.05) is 32.6 Å². The van der Waals surface area contributed by atoms with Crippen LogP contribution in [0.15, 0.2) is 0 Å². The monoisotopic (exact) mass is 640 g/mol. The van der Waals surface area contributed by atoms with Gasteiger partial charge in [-0.25, -0.2) is 16.8 Å². The van der Waals surface area contributed by atoms with E-state index in [1.165, 1.54) is 88.4 Å². The van der Waals surface area contributed by atoms with Gasteiger partial charge in [0, 0.05) is 40.2 Å². The van der Waals surface area contributed by atoms with E-state index in [2.05, 4.69) is 6.92 Å². The standard InChI is InChI=1S/C19H42NO3Si.C2F6NO4S2/c1-5-6-7-8-9-10-15-20(16-11-12-17-20)18-13-14-19-24(21-2,22-3)23-4;3-1(4,5)14(10,11)9-15(12,13)2(6,7)8/h5-19H2,1-4H3;/q+1;-1. The van der Waals surface area contributed by atoms with Crippen LogP contribution in [0.25, 0.3) is 4.13 Å². The molecule has 0 radical (unpaired) electrons. The molecule has 0 bridgehead atoms. The highest BCUT2D eigenvalue weighted by molar-refractivity contribution is 8.13. The number of unbranched alkanes of at least 4 members (excludes halogenated alkanes) is 6. The number of rotatable bonds is 17. The Bertz CT molecular complexity index is 843. The number of likely N-dealkylation sites (tertiary alicyclic amines) is 1. The van der Waals surface area contributed by atoms with Crippen molar-refractivity contribution in [2.75, 3.05) is 47.5 Å². The maximum Gasteiger partial charge on any atom is 0.500 e. The lowest BCUT2D eigenvalue weighted by molar-refractivity contribution is -0.917. The summed E-state index contributed by atoms with van der Waals surface area (Å²) < 4.78 is 127. The summed E-state index contributed by atoms with van der Waals surface area (Å²) in [6.45, 7) is 7.82. The Labute approximate surface area is 229 Å². The number of halogens is 6. The summed E-state index contributed by atoms with van der Waals surface area (Å²) in [5.41, 5.74) is -12.4. The number of nitrogens with zero attached hydrogens (tertiary/aromatic N) is 2. The first-order valence-electron chi connectivity index (χ1n) is 12.7. The van der Waals surface area contributed by atoms with Crippen molar-refractivity contribution in [3.63, 3.8) is 0 Å². The molecule has 39 heavy (non-hydrogen) atoms. The summed E-state index contributed by atoms with van der Waals surface area (Å²) in [5.74, 6) is 0. The molecule has 0 atom stereocenters. The largest absolute Gasteiger partial charge is 0.500 e. The Balaban J connectivity index is 0.000000830. The van der Waals surface area contributed by atoms with Crippen molar-refractivity contribution in [2.24, 2.45) is 0 Å². The zero-order chi connectivity index (χ0) is 30.4. The lowest BCUT2D eigenvalue weighted by Crippen LogP contribution is -2.47. The van der Waals surface area contributed by atoms with Crippen LogP contribution in [0.3, 0.4) is 0 Å². The van der Waals surface area contributed by atoms with E-state index in [9.17, 15) is 43.2 Å². The Kier molecular flexibility index (Phi) is 16.6. The molecule has 9 nitrogen and oxygen atoms in total. The van der Waals surface area contributed by atoms with Crippen molar-refractivity contribution >= 4 is 28.9 Å². The second-order valence-electron chi connectivity index (χ2n) is 9.38. The second kappa shape index (κ2) is 16.8. The predicted molar refractivity (Wildman–Crippen MR) is 136 cm³/mol. The topological polar surface area (TPSA) is 110 Å². The molecule has 1 heterocycles. The molecule has 18 heteroatoms. The van der Waals surface area contributed by atoms with Gasteiger partial charge in [-0.2, -0.15) is 26.3 Å². The maximum atomic E-state index is 11.4. The van der Waals surface area contributed by atoms with Crippen LogP contribution in [0.4, 0.5) is 26.3 Å². The molecule has 0 aliphatic carbocycles. The third-order valence-corrected chi connectivity index (χ3v) is 12.2. The van der Waals surface area contributed by atoms with Gasteiger partial charge in [0.25, 0.3) is 0 Å². The van der Waals surface area contributed by atoms with Crippen LogP contribution in [-0.4, -0.2) is 88.6 Å². The van der Waals surface area contributed by atoms with Crippen LogP contribution in [0.5, 0.6) is 0 Å². The van der Waals surface area contributed by atoms with Gasteiger partial charge < -0.3 is 21.9 Å². The van der Waals surface area contributed by atoms with Crippen molar-refractivity contribution < 1.29 is 60.9 Å². The fourth-order valence-electron chi connectivity index (χ4n) is 4.35. The first kappa shape index (κ1) is 38.5. The molecule has 0 spiro atoms. The van der Waals surface area contributed by atoms with E-state index in [4.69, 9.17) is 13.3 Å². The van der Waals surface area contributed by atoms with E-state index in [0.29, 0.717) is 0 Å². The average Bonchev–Trinajstić information content (AvgIpc) is 3.29. The van der Waals surface area contributed by atoms with Gasteiger partial charge in [-0.15, -0.1) is 0 Å². The molecule has 236 valence electrons. The molecule has 0 aromatic carbocycles. The molecule has 0 unspecified atom stereocenters. The molecule has 1 saturated heterocycles. The van der Waals surface area contributed by atoms with E-state index >= 15 is 0 Å². The van der Waals surface area contributed by atoms with Crippen molar-refractivity contribution in [1.29, 1.82) is 0 Å². The minimum absolute atomic E-state index is 0.778. The highest BCUT2D eigenvalue weighted by Gasteiger charge is 2.47. The van der Waals surface area contributed by atoms with Gasteiger partial charge in [-0.05, 0) is 25.7 Å². The predicted octanol–water partition coefficient (Wildman–Crippen LogP) is 5.68. The molecule has 1 aliphatic heterocycles. The van der Waals surface area contributed by atoms with Crippen molar-refractivity contribution in [2.45, 2.75) is 88.2 Å². The Hall–Kier alpha value is -0.503. The Morgan fingerprint density at radius 2 is 1.08 bits per heavy atom. The van der Waals surface area contributed by atoms with Crippen molar-refractivity contribution in [3.05, 3.63) is 4.13 Å². The second-order valence-corrected chi connectivity index (χ2v) is 15.9. The van der Waals surface area contributed by atoms with Gasteiger partial charge in [-0.3, -0.25) is 0 Å². The van der Waals surface area contributed by atoms with E-state index < -0.39 is 39.9 Å². The van der Waals surface area contributed by atoms with Crippen LogP contribution < -0.4 is 0 Å². The molecule has 1 rings (SSSR count). The fraction of sp³-hybridized carbons (Fsp3) is 1.00. The van der Waals surface area contributed by atoms with E-state index in [-0.39, 0.29) is 0 Å². The van der Waals surface area contributed by atoms with Gasteiger partial charge >= 0.3 is 19.8 Å². The van der Waals surface area contributed by atoms with Gasteiger partial charge in [0.2, 0.25) is 0 Å². The lowest BCUT2D eigenvalue weighted by Gasteiger charge is -2.35. The Morgan fingerprint density at radius 1 is 0.692 bits per heavy atom. The highest BCUT2D eigenvalue weighted by Crippen LogP contribution is 2.36. The maximum absolute atomic E-state index is 11.4. The molecule has 1 aliphatic rings. The average molecular weight is 641 g/mol. The van der Waals surface area contributed by atoms with Gasteiger partial charge in [0.15, 0.2) is 20.0 Å². The van der Waals surface area contributed by atoms with Crippen LogP contribution in [0, 0.1) is 0 Å². The van der Waals surface area contributed by atoms with Crippen LogP contribution >= 0.6 is 0 Å². The lowest BCUT2D eigenvalue weighted by atomic mass is 10.1. The van der Waals surface area contributed by atoms with Gasteiger partial charge in [0.1, 0.15) is 0 Å². The summed E-state index contributed by atoms with van der Waals surface area (Å²) in [5, 5.41) is 0. The molecule has 0 aromatic heterocycles. The summed E-state index contributed by atoms with van der Waals surface area (Å²) in [6, 6.07) is 0.938. The molecule has 0 aromatic rings. The number of sulfonamides is 2. The van der Waals surface area contributed by atoms with E-state index in [1.54, 1.807) is 21.3 Å². The minimum Gasteiger partial charge on any atom is -0.421 e. The zero-order valence-electron chi connectivity index (χ0n) is 22.9. The number of quaternary nitrogens is 1. The number of hydrogen-bond acceptors (Lipinski definition) is 7. The highest BCUT2D eigenvalue weighted by atomic mass is 32.3. The summed E-state index contributed by atoms with van der Waals surface area (Å²) >= 11 is 0. The summed E-state index contributed by atoms with van der Waals surface area (Å²) in [6.07, 6.45) is 13.7. The number of hydrogen-bond donors (Lipinski definition) is 0. The number of alkyl halides is 6. The molecule has 1 fully saturated rings. The van der Waals surface area contributed by atoms with Crippen LogP contribution in [0.2, 0.25) is 6.04 Å². The zero-order valence-corrected chi connectivity index (χ0v) is 25.6. The van der Waals surface area contributed by atoms with Gasteiger partial charge in [0.05, 0.1) is 26.2 Å². The van der Waals surface area contributed by atoms with Crippen LogP contribution in [-0.2, 0) is 33.3 Å². The fourth-order valence-corrected chi connectivity index (χ4v) is 7.86. The first-order valence-corrected chi connectivity index (χ1v) is 17.5. The molecule has 0 N–H and O–H groups in total. The summed E-state index contributed by atoms with van der Waals surface area (Å²) in [7, 11) is -10.7. The van der Waals surface area contributed by atoms with Crippen molar-refractivity contribution in [3.8, 4) is 0 Å². The Morgan fingerprint density at radius 3 is 1.46 bits per heavy atom. The third-order valence-electron chi connectivity index (χ3n) is 6.58. The van der Waals surface area contributed by atoms with Crippen molar-refractivity contribution in [1.82, 2.24) is 0 Å². The minimum atomic E-state index is -6.72. The van der Waals surface area contributed by atoms with Crippen LogP contribution in [0.1, 0.15) is 71.1 Å².